The lowest BCUT2D eigenvalue weighted by Gasteiger charge is -2.03. The largest absolute Gasteiger partial charge is 0.481 e. The molecular formula is C10H13NO3. The summed E-state index contributed by atoms with van der Waals surface area (Å²) in [6.45, 7) is 0.518. The third-order valence-corrected chi connectivity index (χ3v) is 1.67. The van der Waals surface area contributed by atoms with Crippen molar-refractivity contribution >= 4 is 5.97 Å². The Bertz CT molecular complexity index is 274. The lowest BCUT2D eigenvalue weighted by molar-refractivity contribution is -0.137. The molecule has 0 radical (unpaired) electrons. The van der Waals surface area contributed by atoms with E-state index in [4.69, 9.17) is 9.84 Å². The van der Waals surface area contributed by atoms with Gasteiger partial charge >= 0.3 is 5.97 Å². The molecule has 0 aliphatic heterocycles. The van der Waals surface area contributed by atoms with Gasteiger partial charge in [-0.2, -0.15) is 0 Å². The van der Waals surface area contributed by atoms with Crippen LogP contribution in [-0.4, -0.2) is 22.7 Å². The van der Waals surface area contributed by atoms with Gasteiger partial charge in [0.25, 0.3) is 0 Å². The van der Waals surface area contributed by atoms with E-state index in [1.807, 2.05) is 12.1 Å². The van der Waals surface area contributed by atoms with Crippen LogP contribution in [0.3, 0.4) is 0 Å². The quantitative estimate of drug-likeness (QED) is 0.702. The van der Waals surface area contributed by atoms with Crippen LogP contribution in [0.5, 0.6) is 5.88 Å². The molecule has 0 saturated carbocycles. The maximum atomic E-state index is 10.2. The topological polar surface area (TPSA) is 59.4 Å². The number of hydrogen-bond acceptors (Lipinski definition) is 3. The van der Waals surface area contributed by atoms with E-state index in [1.54, 1.807) is 12.3 Å². The Morgan fingerprint density at radius 1 is 1.43 bits per heavy atom. The number of ether oxygens (including phenoxy) is 1. The average Bonchev–Trinajstić information content (AvgIpc) is 2.18. The predicted octanol–water partition coefficient (Wildman–Crippen LogP) is 1.72. The summed E-state index contributed by atoms with van der Waals surface area (Å²) in [5, 5.41) is 8.38. The highest BCUT2D eigenvalue weighted by Crippen LogP contribution is 2.04. The summed E-state index contributed by atoms with van der Waals surface area (Å²) in [5.41, 5.74) is 0. The number of pyridine rings is 1. The number of rotatable bonds is 6. The van der Waals surface area contributed by atoms with Crippen molar-refractivity contribution in [2.75, 3.05) is 6.61 Å². The van der Waals surface area contributed by atoms with Gasteiger partial charge in [-0.15, -0.1) is 0 Å². The highest BCUT2D eigenvalue weighted by atomic mass is 16.5. The zero-order chi connectivity index (χ0) is 10.2. The molecule has 0 atom stereocenters. The minimum absolute atomic E-state index is 0.200. The Balaban J connectivity index is 2.08. The van der Waals surface area contributed by atoms with Crippen molar-refractivity contribution in [3.8, 4) is 5.88 Å². The minimum Gasteiger partial charge on any atom is -0.481 e. The molecule has 0 saturated heterocycles. The lowest BCUT2D eigenvalue weighted by Crippen LogP contribution is -2.01. The molecule has 14 heavy (non-hydrogen) atoms. The third-order valence-electron chi connectivity index (χ3n) is 1.67. The molecule has 0 amide bonds. The van der Waals surface area contributed by atoms with Crippen LogP contribution in [0.1, 0.15) is 19.3 Å². The molecule has 4 nitrogen and oxygen atoms in total. The first-order chi connectivity index (χ1) is 6.79. The van der Waals surface area contributed by atoms with Crippen molar-refractivity contribution in [3.05, 3.63) is 24.4 Å². The Labute approximate surface area is 82.5 Å². The lowest BCUT2D eigenvalue weighted by atomic mass is 10.2. The van der Waals surface area contributed by atoms with Gasteiger partial charge in [0.15, 0.2) is 0 Å². The van der Waals surface area contributed by atoms with Crippen molar-refractivity contribution < 1.29 is 14.6 Å². The molecule has 4 heteroatoms. The van der Waals surface area contributed by atoms with Gasteiger partial charge in [-0.05, 0) is 18.9 Å². The number of hydrogen-bond donors (Lipinski definition) is 1. The van der Waals surface area contributed by atoms with E-state index >= 15 is 0 Å². The molecule has 0 aliphatic carbocycles. The normalized spacial score (nSPS) is 9.71. The number of aromatic nitrogens is 1. The molecule has 0 fully saturated rings. The zero-order valence-electron chi connectivity index (χ0n) is 7.85. The fraction of sp³-hybridized carbons (Fsp3) is 0.400. The molecule has 1 aromatic heterocycles. The van der Waals surface area contributed by atoms with Crippen molar-refractivity contribution in [2.45, 2.75) is 19.3 Å². The molecule has 1 aromatic rings. The first kappa shape index (κ1) is 10.5. The second kappa shape index (κ2) is 5.96. The number of carboxylic acid groups (broad SMARTS) is 1. The molecular weight excluding hydrogens is 182 g/mol. The van der Waals surface area contributed by atoms with Crippen LogP contribution in [0.25, 0.3) is 0 Å². The first-order valence-corrected chi connectivity index (χ1v) is 4.54. The number of carbonyl (C=O) groups is 1. The second-order valence-electron chi connectivity index (χ2n) is 2.87. The Morgan fingerprint density at radius 3 is 2.93 bits per heavy atom. The molecule has 0 aromatic carbocycles. The summed E-state index contributed by atoms with van der Waals surface area (Å²) in [4.78, 5) is 14.2. The molecule has 0 aliphatic rings. The predicted molar refractivity (Wildman–Crippen MR) is 51.2 cm³/mol. The summed E-state index contributed by atoms with van der Waals surface area (Å²) < 4.78 is 5.28. The summed E-state index contributed by atoms with van der Waals surface area (Å²) in [6.07, 6.45) is 3.24. The van der Waals surface area contributed by atoms with Gasteiger partial charge in [-0.25, -0.2) is 4.98 Å². The summed E-state index contributed by atoms with van der Waals surface area (Å²) in [6, 6.07) is 5.44. The summed E-state index contributed by atoms with van der Waals surface area (Å²) in [7, 11) is 0. The molecule has 76 valence electrons. The molecule has 1 heterocycles. The smallest absolute Gasteiger partial charge is 0.303 e. The third kappa shape index (κ3) is 4.45. The van der Waals surface area contributed by atoms with Gasteiger partial charge in [0, 0.05) is 18.7 Å². The standard InChI is InChI=1S/C10H13NO3/c12-10(13)6-2-4-8-14-9-5-1-3-7-11-9/h1,3,5,7H,2,4,6,8H2,(H,12,13). The Morgan fingerprint density at radius 2 is 2.29 bits per heavy atom. The zero-order valence-corrected chi connectivity index (χ0v) is 7.85. The molecule has 1 rings (SSSR count). The van der Waals surface area contributed by atoms with Crippen molar-refractivity contribution in [3.63, 3.8) is 0 Å². The average molecular weight is 195 g/mol. The van der Waals surface area contributed by atoms with Crippen LogP contribution in [0.4, 0.5) is 0 Å². The van der Waals surface area contributed by atoms with Gasteiger partial charge in [0.1, 0.15) is 0 Å². The van der Waals surface area contributed by atoms with Crippen LogP contribution in [-0.2, 0) is 4.79 Å². The minimum atomic E-state index is -0.761. The van der Waals surface area contributed by atoms with Crippen molar-refractivity contribution in [1.29, 1.82) is 0 Å². The second-order valence-corrected chi connectivity index (χ2v) is 2.87. The molecule has 0 bridgehead atoms. The van der Waals surface area contributed by atoms with Gasteiger partial charge in [0.05, 0.1) is 6.61 Å². The van der Waals surface area contributed by atoms with E-state index in [0.717, 1.165) is 6.42 Å². The van der Waals surface area contributed by atoms with Crippen LogP contribution in [0, 0.1) is 0 Å². The van der Waals surface area contributed by atoms with Gasteiger partial charge in [0.2, 0.25) is 5.88 Å². The maximum absolute atomic E-state index is 10.2. The van der Waals surface area contributed by atoms with Crippen molar-refractivity contribution in [2.24, 2.45) is 0 Å². The van der Waals surface area contributed by atoms with E-state index in [1.165, 1.54) is 0 Å². The monoisotopic (exact) mass is 195 g/mol. The van der Waals surface area contributed by atoms with Crippen molar-refractivity contribution in [1.82, 2.24) is 4.98 Å². The fourth-order valence-corrected chi connectivity index (χ4v) is 0.987. The van der Waals surface area contributed by atoms with E-state index in [2.05, 4.69) is 4.98 Å². The van der Waals surface area contributed by atoms with Crippen LogP contribution in [0.15, 0.2) is 24.4 Å². The highest BCUT2D eigenvalue weighted by molar-refractivity contribution is 5.66. The number of carboxylic acids is 1. The Kier molecular flexibility index (Phi) is 4.47. The summed E-state index contributed by atoms with van der Waals surface area (Å²) >= 11 is 0. The number of unbranched alkanes of at least 4 members (excludes halogenated alkanes) is 1. The van der Waals surface area contributed by atoms with E-state index < -0.39 is 5.97 Å². The SMILES string of the molecule is O=C(O)CCCCOc1ccccn1. The van der Waals surface area contributed by atoms with Crippen LogP contribution in [0.2, 0.25) is 0 Å². The fourth-order valence-electron chi connectivity index (χ4n) is 0.987. The number of aliphatic carboxylic acids is 1. The van der Waals surface area contributed by atoms with E-state index in [0.29, 0.717) is 18.9 Å². The van der Waals surface area contributed by atoms with Crippen LogP contribution >= 0.6 is 0 Å². The maximum Gasteiger partial charge on any atom is 0.303 e. The molecule has 0 spiro atoms. The first-order valence-electron chi connectivity index (χ1n) is 4.54. The summed E-state index contributed by atoms with van der Waals surface area (Å²) in [5.74, 6) is -0.175. The van der Waals surface area contributed by atoms with Gasteiger partial charge in [-0.3, -0.25) is 4.79 Å². The number of nitrogens with zero attached hydrogens (tertiary/aromatic N) is 1. The molecule has 0 unspecified atom stereocenters. The van der Waals surface area contributed by atoms with E-state index in [-0.39, 0.29) is 6.42 Å². The van der Waals surface area contributed by atoms with Gasteiger partial charge in [-0.1, -0.05) is 6.07 Å². The van der Waals surface area contributed by atoms with Gasteiger partial charge < -0.3 is 9.84 Å². The molecule has 1 N–H and O–H groups in total. The van der Waals surface area contributed by atoms with Crippen LogP contribution < -0.4 is 4.74 Å². The van der Waals surface area contributed by atoms with E-state index in [9.17, 15) is 4.79 Å². The highest BCUT2D eigenvalue weighted by Gasteiger charge is 1.97. The Hall–Kier alpha value is -1.58.